The monoisotopic (exact) mass is 397 g/mol. The van der Waals surface area contributed by atoms with Gasteiger partial charge >= 0.3 is 0 Å². The minimum atomic E-state index is -4.01. The van der Waals surface area contributed by atoms with Gasteiger partial charge in [0.1, 0.15) is 0 Å². The van der Waals surface area contributed by atoms with Gasteiger partial charge in [0.25, 0.3) is 10.0 Å². The van der Waals surface area contributed by atoms with Crippen molar-refractivity contribution in [3.63, 3.8) is 0 Å². The number of ether oxygens (including phenoxy) is 1. The molecule has 3 aromatic rings. The molecule has 144 valence electrons. The quantitative estimate of drug-likeness (QED) is 0.450. The number of benzene rings is 2. The summed E-state index contributed by atoms with van der Waals surface area (Å²) in [6.07, 6.45) is 0. The Labute approximate surface area is 163 Å². The average molecular weight is 397 g/mol. The van der Waals surface area contributed by atoms with E-state index in [0.29, 0.717) is 17.1 Å². The standard InChI is InChI=1S/C19H19N5O3S/c1-13-12-17(27-2)22-19(21-13)23-18(20)24-28(25,26)16-11-7-6-10-15(16)14-8-4-3-5-9-14/h3-12H,1-2H3,(H3,20,21,22,23,24). The maximum absolute atomic E-state index is 12.9. The number of anilines is 1. The van der Waals surface area contributed by atoms with Gasteiger partial charge in [-0.2, -0.15) is 4.98 Å². The van der Waals surface area contributed by atoms with Gasteiger partial charge in [-0.05, 0) is 18.6 Å². The molecule has 0 aliphatic heterocycles. The lowest BCUT2D eigenvalue weighted by Gasteiger charge is -2.14. The van der Waals surface area contributed by atoms with E-state index >= 15 is 0 Å². The fourth-order valence-corrected chi connectivity index (χ4v) is 3.75. The van der Waals surface area contributed by atoms with Crippen LogP contribution in [-0.2, 0) is 10.0 Å². The minimum absolute atomic E-state index is 0.0564. The highest BCUT2D eigenvalue weighted by Crippen LogP contribution is 2.26. The van der Waals surface area contributed by atoms with E-state index in [2.05, 4.69) is 20.0 Å². The van der Waals surface area contributed by atoms with Gasteiger partial charge in [-0.25, -0.2) is 18.1 Å². The van der Waals surface area contributed by atoms with Gasteiger partial charge in [-0.1, -0.05) is 48.5 Å². The van der Waals surface area contributed by atoms with E-state index in [4.69, 9.17) is 10.1 Å². The highest BCUT2D eigenvalue weighted by atomic mass is 32.2. The van der Waals surface area contributed by atoms with E-state index in [9.17, 15) is 8.42 Å². The molecule has 3 N–H and O–H groups in total. The number of aryl methyl sites for hydroxylation is 1. The van der Waals surface area contributed by atoms with Crippen LogP contribution in [0, 0.1) is 12.3 Å². The Bertz CT molecular complexity index is 1100. The topological polar surface area (TPSA) is 117 Å². The molecular formula is C19H19N5O3S. The predicted octanol–water partition coefficient (Wildman–Crippen LogP) is 2.79. The molecule has 2 aromatic carbocycles. The summed E-state index contributed by atoms with van der Waals surface area (Å²) < 4.78 is 33.0. The van der Waals surface area contributed by atoms with Crippen LogP contribution in [0.15, 0.2) is 65.6 Å². The van der Waals surface area contributed by atoms with Gasteiger partial charge in [-0.15, -0.1) is 0 Å². The van der Waals surface area contributed by atoms with Crippen molar-refractivity contribution in [3.05, 3.63) is 66.4 Å². The fourth-order valence-electron chi connectivity index (χ4n) is 2.58. The number of methoxy groups -OCH3 is 1. The summed E-state index contributed by atoms with van der Waals surface area (Å²) in [5, 5.41) is 10.5. The maximum Gasteiger partial charge on any atom is 0.264 e. The summed E-state index contributed by atoms with van der Waals surface area (Å²) in [5.41, 5.74) is 1.91. The Morgan fingerprint density at radius 1 is 1.04 bits per heavy atom. The second-order valence-corrected chi connectivity index (χ2v) is 7.49. The first-order valence-corrected chi connectivity index (χ1v) is 9.80. The lowest BCUT2D eigenvalue weighted by atomic mass is 10.1. The van der Waals surface area contributed by atoms with E-state index < -0.39 is 16.0 Å². The third kappa shape index (κ3) is 4.44. The van der Waals surface area contributed by atoms with Crippen LogP contribution in [-0.4, -0.2) is 31.5 Å². The summed E-state index contributed by atoms with van der Waals surface area (Å²) in [5.74, 6) is -0.114. The first-order valence-electron chi connectivity index (χ1n) is 8.31. The van der Waals surface area contributed by atoms with Crippen LogP contribution in [0.5, 0.6) is 5.88 Å². The maximum atomic E-state index is 12.9. The minimum Gasteiger partial charge on any atom is -0.481 e. The lowest BCUT2D eigenvalue weighted by molar-refractivity contribution is 0.397. The molecule has 0 aliphatic rings. The van der Waals surface area contributed by atoms with Gasteiger partial charge in [0, 0.05) is 17.3 Å². The van der Waals surface area contributed by atoms with Crippen molar-refractivity contribution in [2.45, 2.75) is 11.8 Å². The van der Waals surface area contributed by atoms with Crippen molar-refractivity contribution in [3.8, 4) is 17.0 Å². The molecule has 0 amide bonds. The summed E-state index contributed by atoms with van der Waals surface area (Å²) in [6, 6.07) is 17.4. The highest BCUT2D eigenvalue weighted by Gasteiger charge is 2.20. The molecule has 1 heterocycles. The predicted molar refractivity (Wildman–Crippen MR) is 107 cm³/mol. The highest BCUT2D eigenvalue weighted by molar-refractivity contribution is 7.90. The van der Waals surface area contributed by atoms with Crippen molar-refractivity contribution < 1.29 is 13.2 Å². The summed E-state index contributed by atoms with van der Waals surface area (Å²) in [7, 11) is -2.55. The molecule has 28 heavy (non-hydrogen) atoms. The van der Waals surface area contributed by atoms with E-state index in [1.54, 1.807) is 31.2 Å². The largest absolute Gasteiger partial charge is 0.481 e. The number of sulfonamides is 1. The van der Waals surface area contributed by atoms with Crippen LogP contribution in [0.25, 0.3) is 11.1 Å². The molecule has 0 saturated heterocycles. The van der Waals surface area contributed by atoms with E-state index in [1.165, 1.54) is 13.2 Å². The second kappa shape index (κ2) is 8.05. The smallest absolute Gasteiger partial charge is 0.264 e. The average Bonchev–Trinajstić information content (AvgIpc) is 2.67. The molecule has 3 rings (SSSR count). The number of nitrogens with zero attached hydrogens (tertiary/aromatic N) is 2. The Morgan fingerprint density at radius 2 is 1.71 bits per heavy atom. The molecule has 8 nitrogen and oxygen atoms in total. The van der Waals surface area contributed by atoms with E-state index in [1.807, 2.05) is 30.3 Å². The first-order chi connectivity index (χ1) is 13.4. The van der Waals surface area contributed by atoms with Crippen LogP contribution in [0.1, 0.15) is 5.69 Å². The number of aromatic nitrogens is 2. The summed E-state index contributed by atoms with van der Waals surface area (Å²) in [4.78, 5) is 8.22. The van der Waals surface area contributed by atoms with Crippen LogP contribution in [0.4, 0.5) is 5.95 Å². The zero-order valence-corrected chi connectivity index (χ0v) is 16.1. The third-order valence-electron chi connectivity index (χ3n) is 3.77. The van der Waals surface area contributed by atoms with Crippen LogP contribution < -0.4 is 14.8 Å². The van der Waals surface area contributed by atoms with Crippen LogP contribution in [0.2, 0.25) is 0 Å². The zero-order valence-electron chi connectivity index (χ0n) is 15.3. The molecule has 0 bridgehead atoms. The van der Waals surface area contributed by atoms with Crippen molar-refractivity contribution in [1.82, 2.24) is 14.7 Å². The molecule has 0 saturated carbocycles. The summed E-state index contributed by atoms with van der Waals surface area (Å²) in [6.45, 7) is 1.74. The normalized spacial score (nSPS) is 10.9. The first kappa shape index (κ1) is 19.3. The van der Waals surface area contributed by atoms with E-state index in [-0.39, 0.29) is 10.8 Å². The molecule has 0 aliphatic carbocycles. The Balaban J connectivity index is 1.85. The van der Waals surface area contributed by atoms with Gasteiger partial charge in [0.15, 0.2) is 0 Å². The number of guanidine groups is 1. The van der Waals surface area contributed by atoms with Crippen molar-refractivity contribution in [2.75, 3.05) is 12.4 Å². The van der Waals surface area contributed by atoms with E-state index in [0.717, 1.165) is 5.56 Å². The molecule has 0 atom stereocenters. The Hall–Kier alpha value is -3.46. The molecule has 1 aromatic heterocycles. The third-order valence-corrected chi connectivity index (χ3v) is 5.18. The van der Waals surface area contributed by atoms with Gasteiger partial charge < -0.3 is 4.74 Å². The van der Waals surface area contributed by atoms with Crippen molar-refractivity contribution >= 4 is 21.9 Å². The van der Waals surface area contributed by atoms with Crippen LogP contribution >= 0.6 is 0 Å². The SMILES string of the molecule is COc1cc(C)nc(NC(=N)NS(=O)(=O)c2ccccc2-c2ccccc2)n1. The molecule has 0 spiro atoms. The number of hydrogen-bond acceptors (Lipinski definition) is 6. The molecule has 9 heteroatoms. The van der Waals surface area contributed by atoms with Crippen molar-refractivity contribution in [1.29, 1.82) is 5.41 Å². The molecular weight excluding hydrogens is 378 g/mol. The van der Waals surface area contributed by atoms with Crippen molar-refractivity contribution in [2.24, 2.45) is 0 Å². The second-order valence-electron chi connectivity index (χ2n) is 5.84. The fraction of sp³-hybridized carbons (Fsp3) is 0.105. The number of nitrogens with one attached hydrogen (secondary N) is 3. The van der Waals surface area contributed by atoms with Gasteiger partial charge in [0.05, 0.1) is 12.0 Å². The number of hydrogen-bond donors (Lipinski definition) is 3. The van der Waals surface area contributed by atoms with Gasteiger partial charge in [-0.3, -0.25) is 10.7 Å². The van der Waals surface area contributed by atoms with Crippen LogP contribution in [0.3, 0.4) is 0 Å². The lowest BCUT2D eigenvalue weighted by Crippen LogP contribution is -2.35. The Kier molecular flexibility index (Phi) is 5.55. The zero-order chi connectivity index (χ0) is 20.1. The van der Waals surface area contributed by atoms with Gasteiger partial charge in [0.2, 0.25) is 17.8 Å². The Morgan fingerprint density at radius 3 is 2.43 bits per heavy atom. The summed E-state index contributed by atoms with van der Waals surface area (Å²) >= 11 is 0. The molecule has 0 fully saturated rings. The molecule has 0 radical (unpaired) electrons. The molecule has 0 unspecified atom stereocenters. The number of rotatable bonds is 5.